The van der Waals surface area contributed by atoms with Crippen molar-refractivity contribution in [1.29, 1.82) is 0 Å². The van der Waals surface area contributed by atoms with Gasteiger partial charge in [0.2, 0.25) is 0 Å². The van der Waals surface area contributed by atoms with Gasteiger partial charge in [-0.25, -0.2) is 0 Å². The molecule has 1 aromatic carbocycles. The van der Waals surface area contributed by atoms with Crippen molar-refractivity contribution in [2.75, 3.05) is 0 Å². The topological polar surface area (TPSA) is 26.0 Å². The summed E-state index contributed by atoms with van der Waals surface area (Å²) in [6, 6.07) is 12.6. The number of rotatable bonds is 2. The van der Waals surface area contributed by atoms with Crippen molar-refractivity contribution >= 4 is 32.8 Å². The molecule has 0 fully saturated rings. The molecule has 0 spiro atoms. The minimum atomic E-state index is 0.0103. The maximum atomic E-state index is 6.29. The van der Waals surface area contributed by atoms with Gasteiger partial charge in [-0.15, -0.1) is 22.7 Å². The van der Waals surface area contributed by atoms with Crippen LogP contribution in [0.2, 0.25) is 0 Å². The first-order chi connectivity index (χ1) is 7.86. The van der Waals surface area contributed by atoms with E-state index in [1.807, 2.05) is 0 Å². The van der Waals surface area contributed by atoms with Gasteiger partial charge in [0.25, 0.3) is 0 Å². The van der Waals surface area contributed by atoms with Crippen molar-refractivity contribution in [1.82, 2.24) is 0 Å². The van der Waals surface area contributed by atoms with Gasteiger partial charge < -0.3 is 5.73 Å². The van der Waals surface area contributed by atoms with Crippen molar-refractivity contribution in [3.05, 3.63) is 57.6 Å². The van der Waals surface area contributed by atoms with E-state index in [1.165, 1.54) is 20.5 Å². The highest BCUT2D eigenvalue weighted by atomic mass is 32.1. The van der Waals surface area contributed by atoms with Crippen LogP contribution in [0.15, 0.2) is 47.2 Å². The SMILES string of the molecule is NC(c1cccs1)c1csc2ccccc12. The Balaban J connectivity index is 2.12. The van der Waals surface area contributed by atoms with E-state index in [-0.39, 0.29) is 6.04 Å². The van der Waals surface area contributed by atoms with Crippen LogP contribution in [0, 0.1) is 0 Å². The van der Waals surface area contributed by atoms with Crippen LogP contribution in [0.4, 0.5) is 0 Å². The number of hydrogen-bond donors (Lipinski definition) is 1. The Kier molecular flexibility index (Phi) is 2.52. The lowest BCUT2D eigenvalue weighted by Crippen LogP contribution is -2.09. The number of fused-ring (bicyclic) bond motifs is 1. The summed E-state index contributed by atoms with van der Waals surface area (Å²) < 4.78 is 1.31. The third-order valence-corrected chi connectivity index (χ3v) is 4.63. The van der Waals surface area contributed by atoms with E-state index in [4.69, 9.17) is 5.73 Å². The summed E-state index contributed by atoms with van der Waals surface area (Å²) in [6.07, 6.45) is 0. The zero-order valence-corrected chi connectivity index (χ0v) is 10.2. The molecule has 0 bridgehead atoms. The predicted molar refractivity (Wildman–Crippen MR) is 72.2 cm³/mol. The van der Waals surface area contributed by atoms with Gasteiger partial charge in [-0.3, -0.25) is 0 Å². The predicted octanol–water partition coefficient (Wildman–Crippen LogP) is 4.01. The molecular weight excluding hydrogens is 234 g/mol. The van der Waals surface area contributed by atoms with Crippen LogP contribution in [0.1, 0.15) is 16.5 Å². The quantitative estimate of drug-likeness (QED) is 0.725. The van der Waals surface area contributed by atoms with E-state index in [1.54, 1.807) is 22.7 Å². The monoisotopic (exact) mass is 245 g/mol. The largest absolute Gasteiger partial charge is 0.320 e. The highest BCUT2D eigenvalue weighted by Gasteiger charge is 2.13. The molecule has 3 aromatic rings. The maximum absolute atomic E-state index is 6.29. The lowest BCUT2D eigenvalue weighted by Gasteiger charge is -2.08. The first kappa shape index (κ1) is 10.0. The molecule has 1 atom stereocenters. The molecule has 2 heterocycles. The number of nitrogens with two attached hydrogens (primary N) is 1. The molecule has 0 radical (unpaired) electrons. The molecule has 1 nitrogen and oxygen atoms in total. The van der Waals surface area contributed by atoms with Gasteiger partial charge in [-0.1, -0.05) is 24.3 Å². The lowest BCUT2D eigenvalue weighted by molar-refractivity contribution is 0.908. The van der Waals surface area contributed by atoms with Crippen LogP contribution in [-0.4, -0.2) is 0 Å². The third-order valence-electron chi connectivity index (χ3n) is 2.70. The normalized spacial score (nSPS) is 13.1. The number of benzene rings is 1. The molecule has 1 unspecified atom stereocenters. The average Bonchev–Trinajstić information content (AvgIpc) is 2.98. The summed E-state index contributed by atoms with van der Waals surface area (Å²) in [5.74, 6) is 0. The summed E-state index contributed by atoms with van der Waals surface area (Å²) in [4.78, 5) is 1.23. The Hall–Kier alpha value is -1.16. The van der Waals surface area contributed by atoms with E-state index in [0.717, 1.165) is 0 Å². The fourth-order valence-corrected chi connectivity index (χ4v) is 3.60. The average molecular weight is 245 g/mol. The summed E-state index contributed by atoms with van der Waals surface area (Å²) in [6.45, 7) is 0. The third kappa shape index (κ3) is 1.57. The van der Waals surface area contributed by atoms with Gasteiger partial charge in [0, 0.05) is 9.58 Å². The van der Waals surface area contributed by atoms with Crippen molar-refractivity contribution in [2.24, 2.45) is 5.73 Å². The number of hydrogen-bond acceptors (Lipinski definition) is 3. The highest BCUT2D eigenvalue weighted by molar-refractivity contribution is 7.17. The second-order valence-corrected chi connectivity index (χ2v) is 5.57. The molecule has 0 aliphatic rings. The Labute approximate surface area is 102 Å². The van der Waals surface area contributed by atoms with E-state index in [9.17, 15) is 0 Å². The van der Waals surface area contributed by atoms with Crippen LogP contribution in [0.5, 0.6) is 0 Å². The minimum Gasteiger partial charge on any atom is -0.320 e. The molecule has 80 valence electrons. The Bertz CT molecular complexity index is 595. The van der Waals surface area contributed by atoms with E-state index in [0.29, 0.717) is 0 Å². The molecule has 0 aliphatic heterocycles. The van der Waals surface area contributed by atoms with Crippen molar-refractivity contribution < 1.29 is 0 Å². The second-order valence-electron chi connectivity index (χ2n) is 3.68. The standard InChI is InChI=1S/C13H11NS2/c14-13(12-6-3-7-15-12)10-8-16-11-5-2-1-4-9(10)11/h1-8,13H,14H2. The molecule has 0 amide bonds. The fourth-order valence-electron chi connectivity index (χ4n) is 1.86. The van der Waals surface area contributed by atoms with Gasteiger partial charge >= 0.3 is 0 Å². The molecule has 0 saturated heterocycles. The molecule has 3 rings (SSSR count). The summed E-state index contributed by atoms with van der Waals surface area (Å²) >= 11 is 3.48. The Morgan fingerprint density at radius 3 is 2.69 bits per heavy atom. The smallest absolute Gasteiger partial charge is 0.0660 e. The van der Waals surface area contributed by atoms with Crippen LogP contribution in [0.3, 0.4) is 0 Å². The Morgan fingerprint density at radius 2 is 1.88 bits per heavy atom. The van der Waals surface area contributed by atoms with Gasteiger partial charge in [-0.05, 0) is 33.8 Å². The van der Waals surface area contributed by atoms with Crippen LogP contribution in [-0.2, 0) is 0 Å². The van der Waals surface area contributed by atoms with Crippen LogP contribution in [0.25, 0.3) is 10.1 Å². The van der Waals surface area contributed by atoms with Crippen molar-refractivity contribution in [3.63, 3.8) is 0 Å². The molecule has 16 heavy (non-hydrogen) atoms. The Morgan fingerprint density at radius 1 is 1.00 bits per heavy atom. The van der Waals surface area contributed by atoms with E-state index >= 15 is 0 Å². The van der Waals surface area contributed by atoms with Crippen LogP contribution < -0.4 is 5.73 Å². The highest BCUT2D eigenvalue weighted by Crippen LogP contribution is 2.33. The molecule has 0 aliphatic carbocycles. The van der Waals surface area contributed by atoms with Crippen molar-refractivity contribution in [2.45, 2.75) is 6.04 Å². The molecule has 3 heteroatoms. The zero-order valence-electron chi connectivity index (χ0n) is 8.59. The van der Waals surface area contributed by atoms with Gasteiger partial charge in [0.15, 0.2) is 0 Å². The van der Waals surface area contributed by atoms with E-state index < -0.39 is 0 Å². The molecular formula is C13H11NS2. The number of thiophene rings is 2. The van der Waals surface area contributed by atoms with Crippen LogP contribution >= 0.6 is 22.7 Å². The fraction of sp³-hybridized carbons (Fsp3) is 0.0769. The summed E-state index contributed by atoms with van der Waals surface area (Å²) in [7, 11) is 0. The lowest BCUT2D eigenvalue weighted by atomic mass is 10.1. The van der Waals surface area contributed by atoms with E-state index in [2.05, 4.69) is 47.2 Å². The molecule has 2 aromatic heterocycles. The summed E-state index contributed by atoms with van der Waals surface area (Å²) in [5.41, 5.74) is 7.53. The minimum absolute atomic E-state index is 0.0103. The first-order valence-corrected chi connectivity index (χ1v) is 6.87. The van der Waals surface area contributed by atoms with Gasteiger partial charge in [-0.2, -0.15) is 0 Å². The maximum Gasteiger partial charge on any atom is 0.0660 e. The van der Waals surface area contributed by atoms with Crippen molar-refractivity contribution in [3.8, 4) is 0 Å². The second kappa shape index (κ2) is 4.01. The first-order valence-electron chi connectivity index (χ1n) is 5.11. The van der Waals surface area contributed by atoms with Gasteiger partial charge in [0.05, 0.1) is 6.04 Å². The molecule has 2 N–H and O–H groups in total. The van der Waals surface area contributed by atoms with Gasteiger partial charge in [0.1, 0.15) is 0 Å². The molecule has 0 saturated carbocycles. The summed E-state index contributed by atoms with van der Waals surface area (Å²) in [5, 5.41) is 5.53. The zero-order chi connectivity index (χ0) is 11.0.